The van der Waals surface area contributed by atoms with Gasteiger partial charge in [0.25, 0.3) is 0 Å². The number of urea groups is 1. The van der Waals surface area contributed by atoms with Gasteiger partial charge >= 0.3 is 12.1 Å². The maximum absolute atomic E-state index is 14.0. The van der Waals surface area contributed by atoms with Crippen LogP contribution in [0.15, 0.2) is 16.6 Å². The third kappa shape index (κ3) is 5.57. The Hall–Kier alpha value is -1.83. The molecule has 1 fully saturated rings. The molecule has 0 unspecified atom stereocenters. The van der Waals surface area contributed by atoms with Crippen LogP contribution < -0.4 is 5.32 Å². The van der Waals surface area contributed by atoms with E-state index in [-0.39, 0.29) is 24.0 Å². The Balaban J connectivity index is 1.91. The zero-order chi connectivity index (χ0) is 20.4. The van der Waals surface area contributed by atoms with Crippen LogP contribution in [0.2, 0.25) is 0 Å². The van der Waals surface area contributed by atoms with Crippen LogP contribution in [0.3, 0.4) is 0 Å². The smallest absolute Gasteiger partial charge is 0.410 e. The van der Waals surface area contributed by atoms with Crippen molar-refractivity contribution in [3.05, 3.63) is 28.0 Å². The van der Waals surface area contributed by atoms with E-state index >= 15 is 0 Å². The Kier molecular flexibility index (Phi) is 6.72. The van der Waals surface area contributed by atoms with Crippen LogP contribution in [0.5, 0.6) is 0 Å². The summed E-state index contributed by atoms with van der Waals surface area (Å²) in [6.45, 7) is 8.15. The molecular formula is C19H27BrFN3O3. The summed E-state index contributed by atoms with van der Waals surface area (Å²) in [6, 6.07) is 3.00. The first kappa shape index (κ1) is 21.5. The highest BCUT2D eigenvalue weighted by molar-refractivity contribution is 9.10. The van der Waals surface area contributed by atoms with Crippen LogP contribution in [0.4, 0.5) is 19.7 Å². The molecule has 1 N–H and O–H groups in total. The lowest BCUT2D eigenvalue weighted by molar-refractivity contribution is 0.0170. The first-order valence-electron chi connectivity index (χ1n) is 8.96. The van der Waals surface area contributed by atoms with E-state index in [2.05, 4.69) is 21.2 Å². The van der Waals surface area contributed by atoms with Gasteiger partial charge in [-0.15, -0.1) is 0 Å². The summed E-state index contributed by atoms with van der Waals surface area (Å²) in [5.74, 6) is -0.384. The standard InChI is InChI=1S/C19H27BrFN3O3/c1-12-15(7-6-14(20)16(12)21)22-17(25)24-10-8-13(9-11-24)23(5)18(26)27-19(2,3)4/h6-7,13H,8-11H2,1-5H3,(H,22,25). The van der Waals surface area contributed by atoms with Gasteiger partial charge < -0.3 is 19.9 Å². The summed E-state index contributed by atoms with van der Waals surface area (Å²) < 4.78 is 19.7. The third-order valence-corrected chi connectivity index (χ3v) is 5.17. The molecule has 0 bridgehead atoms. The summed E-state index contributed by atoms with van der Waals surface area (Å²) in [7, 11) is 1.72. The molecule has 1 aromatic carbocycles. The Bertz CT molecular complexity index is 713. The van der Waals surface area contributed by atoms with Crippen molar-refractivity contribution in [1.29, 1.82) is 0 Å². The molecule has 8 heteroatoms. The molecule has 0 aliphatic carbocycles. The molecule has 1 aromatic rings. The monoisotopic (exact) mass is 443 g/mol. The number of hydrogen-bond acceptors (Lipinski definition) is 3. The number of amides is 3. The molecule has 6 nitrogen and oxygen atoms in total. The van der Waals surface area contributed by atoms with Gasteiger partial charge in [0, 0.05) is 37.4 Å². The number of piperidine rings is 1. The second-order valence-electron chi connectivity index (χ2n) is 7.77. The van der Waals surface area contributed by atoms with E-state index in [0.717, 1.165) is 0 Å². The molecule has 1 aliphatic rings. The van der Waals surface area contributed by atoms with Crippen molar-refractivity contribution in [2.24, 2.45) is 0 Å². The molecule has 1 saturated heterocycles. The van der Waals surface area contributed by atoms with Gasteiger partial charge in [-0.1, -0.05) is 0 Å². The highest BCUT2D eigenvalue weighted by Crippen LogP contribution is 2.26. The number of benzene rings is 1. The summed E-state index contributed by atoms with van der Waals surface area (Å²) in [5, 5.41) is 2.77. The van der Waals surface area contributed by atoms with Crippen molar-refractivity contribution in [2.75, 3.05) is 25.5 Å². The van der Waals surface area contributed by atoms with Crippen LogP contribution in [-0.4, -0.2) is 53.7 Å². The fourth-order valence-corrected chi connectivity index (χ4v) is 3.35. The number of ether oxygens (including phenoxy) is 1. The first-order valence-corrected chi connectivity index (χ1v) is 9.75. The third-order valence-electron chi connectivity index (χ3n) is 4.56. The van der Waals surface area contributed by atoms with Gasteiger partial charge in [-0.05, 0) is 68.6 Å². The van der Waals surface area contributed by atoms with Gasteiger partial charge in [-0.2, -0.15) is 0 Å². The van der Waals surface area contributed by atoms with E-state index in [4.69, 9.17) is 4.74 Å². The molecule has 1 aliphatic heterocycles. The normalized spacial score (nSPS) is 15.4. The number of halogens is 2. The van der Waals surface area contributed by atoms with E-state index in [1.165, 1.54) is 0 Å². The van der Waals surface area contributed by atoms with E-state index in [9.17, 15) is 14.0 Å². The second kappa shape index (κ2) is 8.46. The van der Waals surface area contributed by atoms with Gasteiger partial charge in [0.2, 0.25) is 0 Å². The quantitative estimate of drug-likeness (QED) is 0.716. The first-order chi connectivity index (χ1) is 12.5. The highest BCUT2D eigenvalue weighted by Gasteiger charge is 2.30. The molecule has 27 heavy (non-hydrogen) atoms. The predicted molar refractivity (Wildman–Crippen MR) is 106 cm³/mol. The molecule has 2 rings (SSSR count). The van der Waals surface area contributed by atoms with Crippen molar-refractivity contribution < 1.29 is 18.7 Å². The largest absolute Gasteiger partial charge is 0.444 e. The second-order valence-corrected chi connectivity index (χ2v) is 8.63. The van der Waals surface area contributed by atoms with Gasteiger partial charge in [0.1, 0.15) is 11.4 Å². The minimum atomic E-state index is -0.538. The van der Waals surface area contributed by atoms with Crippen LogP contribution in [0, 0.1) is 12.7 Å². The Morgan fingerprint density at radius 1 is 1.30 bits per heavy atom. The maximum Gasteiger partial charge on any atom is 0.410 e. The highest BCUT2D eigenvalue weighted by atomic mass is 79.9. The SMILES string of the molecule is Cc1c(NC(=O)N2CCC(N(C)C(=O)OC(C)(C)C)CC2)ccc(Br)c1F. The Labute approximate surface area is 168 Å². The summed E-state index contributed by atoms with van der Waals surface area (Å²) in [6.07, 6.45) is 0.972. The number of likely N-dealkylation sites (tertiary alicyclic amines) is 1. The van der Waals surface area contributed by atoms with Crippen molar-refractivity contribution in [3.8, 4) is 0 Å². The predicted octanol–water partition coefficient (Wildman–Crippen LogP) is 4.76. The van der Waals surface area contributed by atoms with Crippen molar-refractivity contribution >= 4 is 33.7 Å². The van der Waals surface area contributed by atoms with Gasteiger partial charge in [0.05, 0.1) is 4.47 Å². The molecule has 0 atom stereocenters. The molecular weight excluding hydrogens is 417 g/mol. The molecule has 150 valence electrons. The summed E-state index contributed by atoms with van der Waals surface area (Å²) in [4.78, 5) is 28.0. The van der Waals surface area contributed by atoms with Crippen molar-refractivity contribution in [1.82, 2.24) is 9.80 Å². The van der Waals surface area contributed by atoms with E-state index in [1.54, 1.807) is 35.9 Å². The summed E-state index contributed by atoms with van der Waals surface area (Å²) >= 11 is 3.13. The minimum absolute atomic E-state index is 0.0239. The van der Waals surface area contributed by atoms with E-state index in [0.29, 0.717) is 41.7 Å². The molecule has 0 spiro atoms. The zero-order valence-corrected chi connectivity index (χ0v) is 18.0. The van der Waals surface area contributed by atoms with Crippen LogP contribution in [-0.2, 0) is 4.74 Å². The molecule has 1 heterocycles. The number of hydrogen-bond donors (Lipinski definition) is 1. The molecule has 0 aromatic heterocycles. The molecule has 3 amide bonds. The van der Waals surface area contributed by atoms with Crippen LogP contribution in [0.1, 0.15) is 39.2 Å². The van der Waals surface area contributed by atoms with Crippen molar-refractivity contribution in [3.63, 3.8) is 0 Å². The van der Waals surface area contributed by atoms with E-state index < -0.39 is 5.60 Å². The summed E-state index contributed by atoms with van der Waals surface area (Å²) in [5.41, 5.74) is 0.301. The number of carbonyl (C=O) groups is 2. The lowest BCUT2D eigenvalue weighted by atomic mass is 10.0. The fraction of sp³-hybridized carbons (Fsp3) is 0.579. The van der Waals surface area contributed by atoms with Gasteiger partial charge in [0.15, 0.2) is 0 Å². The van der Waals surface area contributed by atoms with Gasteiger partial charge in [-0.25, -0.2) is 14.0 Å². The van der Waals surface area contributed by atoms with E-state index in [1.807, 2.05) is 20.8 Å². The number of nitrogens with one attached hydrogen (secondary N) is 1. The van der Waals surface area contributed by atoms with Crippen molar-refractivity contribution in [2.45, 2.75) is 52.2 Å². The molecule has 0 saturated carbocycles. The minimum Gasteiger partial charge on any atom is -0.444 e. The van der Waals surface area contributed by atoms with Gasteiger partial charge in [-0.3, -0.25) is 0 Å². The fourth-order valence-electron chi connectivity index (χ4n) is 2.92. The number of rotatable bonds is 2. The average molecular weight is 444 g/mol. The topological polar surface area (TPSA) is 61.9 Å². The maximum atomic E-state index is 14.0. The number of anilines is 1. The van der Waals surface area contributed by atoms with Crippen LogP contribution in [0.25, 0.3) is 0 Å². The Morgan fingerprint density at radius 2 is 1.89 bits per heavy atom. The lowest BCUT2D eigenvalue weighted by Gasteiger charge is -2.37. The molecule has 0 radical (unpaired) electrons. The zero-order valence-electron chi connectivity index (χ0n) is 16.4. The average Bonchev–Trinajstić information content (AvgIpc) is 2.60. The Morgan fingerprint density at radius 3 is 2.44 bits per heavy atom. The number of carbonyl (C=O) groups excluding carboxylic acids is 2. The lowest BCUT2D eigenvalue weighted by Crippen LogP contribution is -2.49. The number of nitrogens with zero attached hydrogens (tertiary/aromatic N) is 2. The van der Waals surface area contributed by atoms with Crippen LogP contribution >= 0.6 is 15.9 Å².